The quantitative estimate of drug-likeness (QED) is 0.647. The number of carbonyl (C=O) groups excluding carboxylic acids is 2. The standard InChI is InChI=1S/C11H14O2/c1-6(12)10-8-3-4-9(5-8)11(10)7(2)13/h8-9H,3-5H2,1-2H3. The summed E-state index contributed by atoms with van der Waals surface area (Å²) >= 11 is 0. The topological polar surface area (TPSA) is 34.1 Å². The van der Waals surface area contributed by atoms with Gasteiger partial charge >= 0.3 is 0 Å². The summed E-state index contributed by atoms with van der Waals surface area (Å²) in [6, 6.07) is 0. The van der Waals surface area contributed by atoms with Crippen LogP contribution in [0, 0.1) is 11.8 Å². The molecule has 2 bridgehead atoms. The average molecular weight is 178 g/mol. The van der Waals surface area contributed by atoms with E-state index in [0.29, 0.717) is 11.8 Å². The lowest BCUT2D eigenvalue weighted by molar-refractivity contribution is -0.116. The number of allylic oxidation sites excluding steroid dienone is 2. The maximum atomic E-state index is 11.3. The molecule has 0 N–H and O–H groups in total. The van der Waals surface area contributed by atoms with Gasteiger partial charge in [0, 0.05) is 11.1 Å². The number of rotatable bonds is 2. The monoisotopic (exact) mass is 178 g/mol. The average Bonchev–Trinajstić information content (AvgIpc) is 2.60. The number of ketones is 2. The lowest BCUT2D eigenvalue weighted by atomic mass is 9.88. The van der Waals surface area contributed by atoms with Crippen molar-refractivity contribution in [2.75, 3.05) is 0 Å². The summed E-state index contributed by atoms with van der Waals surface area (Å²) in [7, 11) is 0. The van der Waals surface area contributed by atoms with Gasteiger partial charge < -0.3 is 0 Å². The van der Waals surface area contributed by atoms with Gasteiger partial charge in [-0.1, -0.05) is 0 Å². The van der Waals surface area contributed by atoms with Gasteiger partial charge in [-0.15, -0.1) is 0 Å². The van der Waals surface area contributed by atoms with Gasteiger partial charge in [-0.25, -0.2) is 0 Å². The molecule has 70 valence electrons. The van der Waals surface area contributed by atoms with Crippen LogP contribution in [0.1, 0.15) is 33.1 Å². The Hall–Kier alpha value is -0.920. The molecule has 2 rings (SSSR count). The van der Waals surface area contributed by atoms with Crippen LogP contribution in [0.5, 0.6) is 0 Å². The largest absolute Gasteiger partial charge is 0.295 e. The van der Waals surface area contributed by atoms with Crippen molar-refractivity contribution >= 4 is 11.6 Å². The maximum absolute atomic E-state index is 11.3. The van der Waals surface area contributed by atoms with Gasteiger partial charge in [-0.05, 0) is 44.9 Å². The first-order chi connectivity index (χ1) is 6.11. The molecule has 2 unspecified atom stereocenters. The van der Waals surface area contributed by atoms with E-state index in [1.165, 1.54) is 0 Å². The Labute approximate surface area is 78.0 Å². The normalized spacial score (nSPS) is 31.2. The third-order valence-corrected chi connectivity index (χ3v) is 3.30. The van der Waals surface area contributed by atoms with Crippen LogP contribution in [0.2, 0.25) is 0 Å². The van der Waals surface area contributed by atoms with Crippen molar-refractivity contribution in [1.82, 2.24) is 0 Å². The van der Waals surface area contributed by atoms with Gasteiger partial charge in [0.15, 0.2) is 11.6 Å². The zero-order valence-corrected chi connectivity index (χ0v) is 8.09. The van der Waals surface area contributed by atoms with Crippen LogP contribution in [0.3, 0.4) is 0 Å². The van der Waals surface area contributed by atoms with Crippen LogP contribution < -0.4 is 0 Å². The van der Waals surface area contributed by atoms with E-state index in [1.54, 1.807) is 13.8 Å². The molecule has 0 aromatic carbocycles. The number of hydrogen-bond acceptors (Lipinski definition) is 2. The summed E-state index contributed by atoms with van der Waals surface area (Å²) in [6.45, 7) is 3.16. The molecule has 0 aliphatic heterocycles. The van der Waals surface area contributed by atoms with Crippen LogP contribution in [-0.2, 0) is 9.59 Å². The number of carbonyl (C=O) groups is 2. The fourth-order valence-corrected chi connectivity index (χ4v) is 2.90. The van der Waals surface area contributed by atoms with Gasteiger partial charge in [-0.2, -0.15) is 0 Å². The lowest BCUT2D eigenvalue weighted by Gasteiger charge is -2.15. The maximum Gasteiger partial charge on any atom is 0.156 e. The Kier molecular flexibility index (Phi) is 1.86. The van der Waals surface area contributed by atoms with Crippen molar-refractivity contribution in [2.45, 2.75) is 33.1 Å². The van der Waals surface area contributed by atoms with Crippen LogP contribution in [0.25, 0.3) is 0 Å². The Morgan fingerprint density at radius 2 is 1.38 bits per heavy atom. The van der Waals surface area contributed by atoms with E-state index < -0.39 is 0 Å². The molecule has 0 saturated heterocycles. The molecule has 0 radical (unpaired) electrons. The third kappa shape index (κ3) is 1.16. The van der Waals surface area contributed by atoms with Crippen LogP contribution in [0.15, 0.2) is 11.1 Å². The van der Waals surface area contributed by atoms with Gasteiger partial charge in [-0.3, -0.25) is 9.59 Å². The second kappa shape index (κ2) is 2.79. The van der Waals surface area contributed by atoms with Gasteiger partial charge in [0.25, 0.3) is 0 Å². The Morgan fingerprint density at radius 1 is 1.00 bits per heavy atom. The number of hydrogen-bond donors (Lipinski definition) is 0. The summed E-state index contributed by atoms with van der Waals surface area (Å²) in [5.41, 5.74) is 1.70. The third-order valence-electron chi connectivity index (χ3n) is 3.30. The van der Waals surface area contributed by atoms with Crippen molar-refractivity contribution in [3.05, 3.63) is 11.1 Å². The minimum Gasteiger partial charge on any atom is -0.295 e. The first-order valence-electron chi connectivity index (χ1n) is 4.87. The number of Topliss-reactive ketones (excluding diaryl/α,β-unsaturated/α-hetero) is 2. The SMILES string of the molecule is CC(=O)C1=C(C(C)=O)C2CCC1C2. The van der Waals surface area contributed by atoms with Crippen molar-refractivity contribution in [1.29, 1.82) is 0 Å². The number of fused-ring (bicyclic) bond motifs is 2. The van der Waals surface area contributed by atoms with E-state index >= 15 is 0 Å². The smallest absolute Gasteiger partial charge is 0.156 e. The zero-order valence-electron chi connectivity index (χ0n) is 8.09. The highest BCUT2D eigenvalue weighted by Crippen LogP contribution is 2.48. The Morgan fingerprint density at radius 3 is 1.69 bits per heavy atom. The highest BCUT2D eigenvalue weighted by Gasteiger charge is 2.42. The fourth-order valence-electron chi connectivity index (χ4n) is 2.90. The summed E-state index contributed by atoms with van der Waals surface area (Å²) in [6.07, 6.45) is 3.26. The van der Waals surface area contributed by atoms with Gasteiger partial charge in [0.05, 0.1) is 0 Å². The molecule has 0 spiro atoms. The Balaban J connectivity index is 2.46. The van der Waals surface area contributed by atoms with Crippen LogP contribution in [0.4, 0.5) is 0 Å². The molecule has 2 aliphatic rings. The highest BCUT2D eigenvalue weighted by molar-refractivity contribution is 6.06. The summed E-state index contributed by atoms with van der Waals surface area (Å²) in [4.78, 5) is 22.7. The second-order valence-electron chi connectivity index (χ2n) is 4.15. The zero-order chi connectivity index (χ0) is 9.59. The molecule has 0 heterocycles. The molecular weight excluding hydrogens is 164 g/mol. The van der Waals surface area contributed by atoms with Crippen molar-refractivity contribution in [3.8, 4) is 0 Å². The predicted molar refractivity (Wildman–Crippen MR) is 49.2 cm³/mol. The van der Waals surface area contributed by atoms with Gasteiger partial charge in [0.1, 0.15) is 0 Å². The second-order valence-corrected chi connectivity index (χ2v) is 4.15. The van der Waals surface area contributed by atoms with E-state index in [9.17, 15) is 9.59 Å². The molecule has 2 heteroatoms. The van der Waals surface area contributed by atoms with E-state index in [4.69, 9.17) is 0 Å². The first kappa shape index (κ1) is 8.67. The molecule has 0 aromatic heterocycles. The molecule has 0 amide bonds. The van der Waals surface area contributed by atoms with Crippen molar-refractivity contribution in [2.24, 2.45) is 11.8 Å². The van der Waals surface area contributed by atoms with Crippen LogP contribution in [-0.4, -0.2) is 11.6 Å². The van der Waals surface area contributed by atoms with E-state index in [1.807, 2.05) is 0 Å². The molecule has 13 heavy (non-hydrogen) atoms. The summed E-state index contributed by atoms with van der Waals surface area (Å²) < 4.78 is 0. The molecule has 0 aromatic rings. The minimum absolute atomic E-state index is 0.109. The minimum atomic E-state index is 0.109. The molecular formula is C11H14O2. The van der Waals surface area contributed by atoms with E-state index in [-0.39, 0.29) is 11.6 Å². The molecule has 2 aliphatic carbocycles. The van der Waals surface area contributed by atoms with E-state index in [2.05, 4.69) is 0 Å². The fraction of sp³-hybridized carbons (Fsp3) is 0.636. The molecule has 1 fully saturated rings. The molecule has 2 atom stereocenters. The van der Waals surface area contributed by atoms with Crippen LogP contribution >= 0.6 is 0 Å². The van der Waals surface area contributed by atoms with Crippen molar-refractivity contribution < 1.29 is 9.59 Å². The Bertz CT molecular complexity index is 282. The lowest BCUT2D eigenvalue weighted by Crippen LogP contribution is -2.14. The van der Waals surface area contributed by atoms with Gasteiger partial charge in [0.2, 0.25) is 0 Å². The molecule has 1 saturated carbocycles. The first-order valence-corrected chi connectivity index (χ1v) is 4.87. The van der Waals surface area contributed by atoms with E-state index in [0.717, 1.165) is 30.4 Å². The summed E-state index contributed by atoms with van der Waals surface area (Å²) in [5, 5.41) is 0. The highest BCUT2D eigenvalue weighted by atomic mass is 16.1. The predicted octanol–water partition coefficient (Wildman–Crippen LogP) is 1.89. The summed E-state index contributed by atoms with van der Waals surface area (Å²) in [5.74, 6) is 1.03. The molecule has 2 nitrogen and oxygen atoms in total. The van der Waals surface area contributed by atoms with Crippen molar-refractivity contribution in [3.63, 3.8) is 0 Å².